The Bertz CT molecular complexity index is 442. The van der Waals surface area contributed by atoms with Gasteiger partial charge in [0.15, 0.2) is 0 Å². The second kappa shape index (κ2) is 6.86. The highest BCUT2D eigenvalue weighted by Gasteiger charge is 2.22. The summed E-state index contributed by atoms with van der Waals surface area (Å²) in [5.74, 6) is 0.0741. The Kier molecular flexibility index (Phi) is 5.47. The lowest BCUT2D eigenvalue weighted by molar-refractivity contribution is -0.141. The molecule has 1 aromatic heterocycles. The first kappa shape index (κ1) is 15.1. The maximum absolute atomic E-state index is 12.2. The van der Waals surface area contributed by atoms with Gasteiger partial charge in [-0.2, -0.15) is 0 Å². The first-order chi connectivity index (χ1) is 8.99. The molecule has 0 saturated carbocycles. The van der Waals surface area contributed by atoms with Gasteiger partial charge in [0, 0.05) is 12.5 Å². The number of H-pyrrole nitrogens is 1. The minimum Gasteiger partial charge on any atom is -0.468 e. The molecule has 1 rings (SSSR count). The van der Waals surface area contributed by atoms with Crippen LogP contribution in [0.2, 0.25) is 0 Å². The van der Waals surface area contributed by atoms with Crippen molar-refractivity contribution in [3.05, 3.63) is 11.6 Å². The Balaban J connectivity index is 2.82. The zero-order chi connectivity index (χ0) is 14.4. The summed E-state index contributed by atoms with van der Waals surface area (Å²) in [5.41, 5.74) is 0. The molecule has 0 aliphatic carbocycles. The number of aromatic amines is 1. The van der Waals surface area contributed by atoms with Crippen molar-refractivity contribution in [1.82, 2.24) is 20.1 Å². The minimum absolute atomic E-state index is 0.0843. The Hall–Kier alpha value is -1.92. The van der Waals surface area contributed by atoms with Crippen molar-refractivity contribution in [1.29, 1.82) is 0 Å². The van der Waals surface area contributed by atoms with Crippen molar-refractivity contribution in [2.45, 2.75) is 33.1 Å². The molecule has 0 aliphatic rings. The Morgan fingerprint density at radius 3 is 2.58 bits per heavy atom. The second-order valence-corrected chi connectivity index (χ2v) is 4.50. The molecule has 0 fully saturated rings. The van der Waals surface area contributed by atoms with Crippen molar-refractivity contribution >= 4 is 11.9 Å². The Morgan fingerprint density at radius 1 is 1.42 bits per heavy atom. The predicted octanol–water partition coefficient (Wildman–Crippen LogP) is 0.953. The smallest absolute Gasteiger partial charge is 0.325 e. The number of rotatable bonds is 6. The summed E-state index contributed by atoms with van der Waals surface area (Å²) in [5, 5.41) is 6.62. The number of nitrogens with zero attached hydrogens (tertiary/aromatic N) is 3. The maximum atomic E-state index is 12.2. The van der Waals surface area contributed by atoms with E-state index in [1.165, 1.54) is 12.0 Å². The standard InChI is InChI=1S/C12H20N4O3/c1-5-6-16(7-9(17)19-4)12(18)11-13-10(8(2)3)14-15-11/h8H,5-7H2,1-4H3,(H,13,14,15). The van der Waals surface area contributed by atoms with E-state index in [1.54, 1.807) is 0 Å². The molecular weight excluding hydrogens is 248 g/mol. The summed E-state index contributed by atoms with van der Waals surface area (Å²) in [4.78, 5) is 29.0. The number of nitrogens with one attached hydrogen (secondary N) is 1. The van der Waals surface area contributed by atoms with Crippen LogP contribution in [0.25, 0.3) is 0 Å². The summed E-state index contributed by atoms with van der Waals surface area (Å²) in [6.07, 6.45) is 0.740. The molecule has 0 unspecified atom stereocenters. The van der Waals surface area contributed by atoms with Gasteiger partial charge in [-0.15, -0.1) is 5.10 Å². The second-order valence-electron chi connectivity index (χ2n) is 4.50. The van der Waals surface area contributed by atoms with Crippen LogP contribution in [0.5, 0.6) is 0 Å². The number of methoxy groups -OCH3 is 1. The summed E-state index contributed by atoms with van der Waals surface area (Å²) < 4.78 is 4.58. The van der Waals surface area contributed by atoms with E-state index in [0.717, 1.165) is 6.42 Å². The highest BCUT2D eigenvalue weighted by molar-refractivity contribution is 5.92. The van der Waals surface area contributed by atoms with E-state index < -0.39 is 5.97 Å². The van der Waals surface area contributed by atoms with Gasteiger partial charge in [-0.1, -0.05) is 20.8 Å². The molecule has 1 amide bonds. The number of esters is 1. The number of ether oxygens (including phenoxy) is 1. The number of carbonyl (C=O) groups excluding carboxylic acids is 2. The maximum Gasteiger partial charge on any atom is 0.325 e. The van der Waals surface area contributed by atoms with E-state index in [1.807, 2.05) is 20.8 Å². The van der Waals surface area contributed by atoms with Gasteiger partial charge in [0.05, 0.1) is 7.11 Å². The highest BCUT2D eigenvalue weighted by Crippen LogP contribution is 2.09. The number of aromatic nitrogens is 3. The summed E-state index contributed by atoms with van der Waals surface area (Å²) >= 11 is 0. The molecule has 7 nitrogen and oxygen atoms in total. The van der Waals surface area contributed by atoms with Crippen LogP contribution in [0.3, 0.4) is 0 Å². The number of hydrogen-bond acceptors (Lipinski definition) is 5. The van der Waals surface area contributed by atoms with Gasteiger partial charge >= 0.3 is 5.97 Å². The van der Waals surface area contributed by atoms with Crippen molar-refractivity contribution in [3.63, 3.8) is 0 Å². The van der Waals surface area contributed by atoms with Crippen LogP contribution in [0, 0.1) is 0 Å². The van der Waals surface area contributed by atoms with Crippen LogP contribution in [-0.4, -0.2) is 52.2 Å². The van der Waals surface area contributed by atoms with Crippen LogP contribution < -0.4 is 0 Å². The topological polar surface area (TPSA) is 88.2 Å². The normalized spacial score (nSPS) is 10.6. The van der Waals surface area contributed by atoms with Crippen LogP contribution in [0.1, 0.15) is 49.6 Å². The lowest BCUT2D eigenvalue weighted by Gasteiger charge is -2.18. The molecule has 7 heteroatoms. The van der Waals surface area contributed by atoms with Crippen LogP contribution in [0.15, 0.2) is 0 Å². The molecule has 0 radical (unpaired) electrons. The van der Waals surface area contributed by atoms with Gasteiger partial charge in [0.25, 0.3) is 5.91 Å². The zero-order valence-electron chi connectivity index (χ0n) is 11.8. The predicted molar refractivity (Wildman–Crippen MR) is 68.7 cm³/mol. The third-order valence-corrected chi connectivity index (χ3v) is 2.57. The van der Waals surface area contributed by atoms with Crippen molar-refractivity contribution in [2.24, 2.45) is 0 Å². The van der Waals surface area contributed by atoms with Crippen LogP contribution in [0.4, 0.5) is 0 Å². The average Bonchev–Trinajstić information content (AvgIpc) is 2.86. The van der Waals surface area contributed by atoms with Gasteiger partial charge in [0.1, 0.15) is 12.4 Å². The monoisotopic (exact) mass is 268 g/mol. The van der Waals surface area contributed by atoms with Gasteiger partial charge in [0.2, 0.25) is 5.82 Å². The molecule has 106 valence electrons. The molecule has 1 aromatic rings. The summed E-state index contributed by atoms with van der Waals surface area (Å²) in [7, 11) is 1.29. The molecule has 1 N–H and O–H groups in total. The zero-order valence-corrected chi connectivity index (χ0v) is 11.8. The van der Waals surface area contributed by atoms with E-state index >= 15 is 0 Å². The molecule has 0 spiro atoms. The SMILES string of the molecule is CCCN(CC(=O)OC)C(=O)c1n[nH]c(C(C)C)n1. The van der Waals surface area contributed by atoms with E-state index in [2.05, 4.69) is 19.9 Å². The number of amides is 1. The van der Waals surface area contributed by atoms with Gasteiger partial charge in [-0.25, -0.2) is 4.98 Å². The third kappa shape index (κ3) is 4.04. The molecular formula is C12H20N4O3. The van der Waals surface area contributed by atoms with E-state index in [0.29, 0.717) is 12.4 Å². The molecule has 19 heavy (non-hydrogen) atoms. The summed E-state index contributed by atoms with van der Waals surface area (Å²) in [6.45, 7) is 6.20. The fourth-order valence-electron chi connectivity index (χ4n) is 1.51. The number of carbonyl (C=O) groups is 2. The van der Waals surface area contributed by atoms with Crippen molar-refractivity contribution in [3.8, 4) is 0 Å². The number of hydrogen-bond donors (Lipinski definition) is 1. The van der Waals surface area contributed by atoms with Crippen LogP contribution >= 0.6 is 0 Å². The molecule has 0 saturated heterocycles. The average molecular weight is 268 g/mol. The van der Waals surface area contributed by atoms with Crippen LogP contribution in [-0.2, 0) is 9.53 Å². The fraction of sp³-hybridized carbons (Fsp3) is 0.667. The molecule has 0 atom stereocenters. The lowest BCUT2D eigenvalue weighted by atomic mass is 10.2. The summed E-state index contributed by atoms with van der Waals surface area (Å²) in [6, 6.07) is 0. The van der Waals surface area contributed by atoms with E-state index in [-0.39, 0.29) is 24.2 Å². The molecule has 0 aliphatic heterocycles. The minimum atomic E-state index is -0.457. The van der Waals surface area contributed by atoms with Gasteiger partial charge in [-0.3, -0.25) is 14.7 Å². The fourth-order valence-corrected chi connectivity index (χ4v) is 1.51. The largest absolute Gasteiger partial charge is 0.468 e. The van der Waals surface area contributed by atoms with Crippen molar-refractivity contribution < 1.29 is 14.3 Å². The Morgan fingerprint density at radius 2 is 2.11 bits per heavy atom. The first-order valence-electron chi connectivity index (χ1n) is 6.28. The van der Waals surface area contributed by atoms with E-state index in [9.17, 15) is 9.59 Å². The van der Waals surface area contributed by atoms with Crippen molar-refractivity contribution in [2.75, 3.05) is 20.2 Å². The van der Waals surface area contributed by atoms with Gasteiger partial charge in [-0.05, 0) is 6.42 Å². The van der Waals surface area contributed by atoms with E-state index in [4.69, 9.17) is 0 Å². The Labute approximate surface area is 112 Å². The quantitative estimate of drug-likeness (QED) is 0.776. The third-order valence-electron chi connectivity index (χ3n) is 2.57. The van der Waals surface area contributed by atoms with Gasteiger partial charge < -0.3 is 9.64 Å². The lowest BCUT2D eigenvalue weighted by Crippen LogP contribution is -2.37. The highest BCUT2D eigenvalue weighted by atomic mass is 16.5. The molecule has 0 bridgehead atoms. The first-order valence-corrected chi connectivity index (χ1v) is 6.28. The molecule has 1 heterocycles. The molecule has 0 aromatic carbocycles.